The largest absolute Gasteiger partial charge is 0.260 e. The lowest BCUT2D eigenvalue weighted by molar-refractivity contribution is 1.21. The highest BCUT2D eigenvalue weighted by Gasteiger charge is 1.97. The number of aromatic nitrogens is 1. The molecule has 1 aromatic carbocycles. The Morgan fingerprint density at radius 3 is 2.64 bits per heavy atom. The van der Waals surface area contributed by atoms with Gasteiger partial charge in [0.2, 0.25) is 0 Å². The molecule has 0 unspecified atom stereocenters. The summed E-state index contributed by atoms with van der Waals surface area (Å²) in [7, 11) is 0. The molecule has 1 heterocycles. The molecule has 0 amide bonds. The van der Waals surface area contributed by atoms with E-state index in [-0.39, 0.29) is 17.0 Å². The third-order valence-corrected chi connectivity index (χ3v) is 2.95. The summed E-state index contributed by atoms with van der Waals surface area (Å²) in [6, 6.07) is 8.28. The molecule has 0 saturated carbocycles. The average molecular weight is 382 g/mol. The molecule has 0 atom stereocenters. The van der Waals surface area contributed by atoms with Crippen LogP contribution in [0.2, 0.25) is 0 Å². The van der Waals surface area contributed by atoms with Crippen LogP contribution in [0.4, 0.5) is 0 Å². The quantitative estimate of drug-likeness (QED) is 0.664. The molecule has 0 aliphatic carbocycles. The van der Waals surface area contributed by atoms with E-state index in [1.54, 1.807) is 0 Å². The fraction of sp³-hybridized carbons (Fsp3) is 0.100. The van der Waals surface area contributed by atoms with E-state index < -0.39 is 0 Å². The van der Waals surface area contributed by atoms with E-state index in [4.69, 9.17) is 0 Å². The Kier molecular flexibility index (Phi) is 4.54. The van der Waals surface area contributed by atoms with Crippen molar-refractivity contribution in [1.29, 1.82) is 0 Å². The third-order valence-electron chi connectivity index (χ3n) is 1.88. The minimum atomic E-state index is 0. The molecule has 2 aromatic rings. The number of nitrogens with zero attached hydrogens (tertiary/aromatic N) is 1. The normalized spacial score (nSPS) is 9.86. The predicted octanol–water partition coefficient (Wildman–Crippen LogP) is 4.47. The summed E-state index contributed by atoms with van der Waals surface area (Å²) >= 11 is 6.83. The van der Waals surface area contributed by atoms with Gasteiger partial charge in [0.15, 0.2) is 0 Å². The molecule has 1 aromatic heterocycles. The number of fused-ring (bicyclic) bond motifs is 1. The molecule has 0 aliphatic rings. The van der Waals surface area contributed by atoms with Gasteiger partial charge in [0.25, 0.3) is 0 Å². The van der Waals surface area contributed by atoms with Gasteiger partial charge < -0.3 is 0 Å². The van der Waals surface area contributed by atoms with Gasteiger partial charge in [0.1, 0.15) is 0 Å². The van der Waals surface area contributed by atoms with E-state index in [1.165, 1.54) is 10.8 Å². The highest BCUT2D eigenvalue weighted by atomic mass is 79.9. The maximum Gasteiger partial charge on any atom is 0.0515 e. The number of rotatable bonds is 1. The lowest BCUT2D eigenvalue weighted by Gasteiger charge is -2.00. The fourth-order valence-electron chi connectivity index (χ4n) is 1.23. The van der Waals surface area contributed by atoms with Crippen molar-refractivity contribution in [2.45, 2.75) is 5.33 Å². The van der Waals surface area contributed by atoms with Crippen LogP contribution in [0.1, 0.15) is 5.69 Å². The number of hydrogen-bond acceptors (Lipinski definition) is 1. The number of benzene rings is 1. The number of alkyl halides is 1. The van der Waals surface area contributed by atoms with Crippen LogP contribution in [0.5, 0.6) is 0 Å². The summed E-state index contributed by atoms with van der Waals surface area (Å²) in [4.78, 5) is 4.29. The summed E-state index contributed by atoms with van der Waals surface area (Å²) < 4.78 is 1.10. The smallest absolute Gasteiger partial charge is 0.0515 e. The number of pyridine rings is 1. The topological polar surface area (TPSA) is 12.9 Å². The van der Waals surface area contributed by atoms with Gasteiger partial charge in [-0.05, 0) is 23.6 Å². The minimum absolute atomic E-state index is 0. The molecule has 0 saturated heterocycles. The van der Waals surface area contributed by atoms with Crippen LogP contribution in [-0.2, 0) is 5.33 Å². The van der Waals surface area contributed by atoms with Crippen molar-refractivity contribution in [3.63, 3.8) is 0 Å². The van der Waals surface area contributed by atoms with Gasteiger partial charge in [0, 0.05) is 21.4 Å². The number of hydrogen-bond donors (Lipinski definition) is 0. The fourth-order valence-corrected chi connectivity index (χ4v) is 1.92. The minimum Gasteiger partial charge on any atom is -0.260 e. The second-order valence-electron chi connectivity index (χ2n) is 2.80. The Bertz CT molecular complexity index is 442. The zero-order valence-corrected chi connectivity index (χ0v) is 12.1. The summed E-state index contributed by atoms with van der Waals surface area (Å²) in [5, 5.41) is 3.20. The Balaban J connectivity index is 0.000000980. The van der Waals surface area contributed by atoms with E-state index in [0.29, 0.717) is 0 Å². The molecule has 2 rings (SSSR count). The SMILES string of the molecule is Br.BrCc1cc2cc(Br)ccc2cn1. The summed E-state index contributed by atoms with van der Waals surface area (Å²) in [6.07, 6.45) is 1.90. The van der Waals surface area contributed by atoms with E-state index in [1.807, 2.05) is 12.3 Å². The van der Waals surface area contributed by atoms with Gasteiger partial charge in [-0.25, -0.2) is 0 Å². The summed E-state index contributed by atoms with van der Waals surface area (Å²) in [5.74, 6) is 0. The molecular formula is C10H8Br3N. The average Bonchev–Trinajstić information content (AvgIpc) is 2.16. The maximum atomic E-state index is 4.29. The molecule has 4 heteroatoms. The first kappa shape index (κ1) is 12.1. The second-order valence-corrected chi connectivity index (χ2v) is 4.28. The highest BCUT2D eigenvalue weighted by Crippen LogP contribution is 2.20. The summed E-state index contributed by atoms with van der Waals surface area (Å²) in [6.45, 7) is 0. The van der Waals surface area contributed by atoms with Gasteiger partial charge in [-0.1, -0.05) is 37.9 Å². The second kappa shape index (κ2) is 5.24. The van der Waals surface area contributed by atoms with Crippen LogP contribution in [0.15, 0.2) is 34.9 Å². The molecular weight excluding hydrogens is 374 g/mol. The zero-order valence-electron chi connectivity index (χ0n) is 7.21. The van der Waals surface area contributed by atoms with Crippen LogP contribution in [-0.4, -0.2) is 4.98 Å². The molecule has 0 N–H and O–H groups in total. The maximum absolute atomic E-state index is 4.29. The van der Waals surface area contributed by atoms with Crippen molar-refractivity contribution < 1.29 is 0 Å². The molecule has 0 aliphatic heterocycles. The van der Waals surface area contributed by atoms with E-state index >= 15 is 0 Å². The van der Waals surface area contributed by atoms with Crippen LogP contribution in [0, 0.1) is 0 Å². The van der Waals surface area contributed by atoms with Crippen LogP contribution >= 0.6 is 48.8 Å². The van der Waals surface area contributed by atoms with Gasteiger partial charge in [-0.15, -0.1) is 17.0 Å². The Labute approximate surface area is 110 Å². The first-order valence-electron chi connectivity index (χ1n) is 3.90. The predicted molar refractivity (Wildman–Crippen MR) is 72.4 cm³/mol. The van der Waals surface area contributed by atoms with Gasteiger partial charge in [-0.2, -0.15) is 0 Å². The van der Waals surface area contributed by atoms with Crippen molar-refractivity contribution in [2.75, 3.05) is 0 Å². The summed E-state index contributed by atoms with van der Waals surface area (Å²) in [5.41, 5.74) is 1.06. The van der Waals surface area contributed by atoms with Crippen molar-refractivity contribution in [3.8, 4) is 0 Å². The standard InChI is InChI=1S/C10H7Br2N.BrH/c11-5-10-4-8-3-9(12)2-1-7(8)6-13-10;/h1-4,6H,5H2;1H. The van der Waals surface area contributed by atoms with Crippen molar-refractivity contribution in [1.82, 2.24) is 4.98 Å². The number of halogens is 3. The molecule has 0 fully saturated rings. The highest BCUT2D eigenvalue weighted by molar-refractivity contribution is 9.10. The molecule has 74 valence electrons. The van der Waals surface area contributed by atoms with E-state index in [0.717, 1.165) is 15.5 Å². The van der Waals surface area contributed by atoms with Gasteiger partial charge in [-0.3, -0.25) is 4.98 Å². The Hall–Kier alpha value is 0.0700. The van der Waals surface area contributed by atoms with Gasteiger partial charge in [0.05, 0.1) is 5.69 Å². The first-order chi connectivity index (χ1) is 6.29. The van der Waals surface area contributed by atoms with Gasteiger partial charge >= 0.3 is 0 Å². The Morgan fingerprint density at radius 2 is 1.93 bits per heavy atom. The molecule has 14 heavy (non-hydrogen) atoms. The lowest BCUT2D eigenvalue weighted by atomic mass is 10.1. The Morgan fingerprint density at radius 1 is 1.14 bits per heavy atom. The zero-order chi connectivity index (χ0) is 9.26. The molecule has 1 nitrogen and oxygen atoms in total. The van der Waals surface area contributed by atoms with E-state index in [2.05, 4.69) is 55.0 Å². The molecule has 0 spiro atoms. The molecule has 0 bridgehead atoms. The molecule has 0 radical (unpaired) electrons. The van der Waals surface area contributed by atoms with Crippen molar-refractivity contribution in [2.24, 2.45) is 0 Å². The lowest BCUT2D eigenvalue weighted by Crippen LogP contribution is -1.84. The van der Waals surface area contributed by atoms with E-state index in [9.17, 15) is 0 Å². The monoisotopic (exact) mass is 379 g/mol. The van der Waals surface area contributed by atoms with Crippen LogP contribution < -0.4 is 0 Å². The van der Waals surface area contributed by atoms with Crippen LogP contribution in [0.3, 0.4) is 0 Å². The van der Waals surface area contributed by atoms with Crippen molar-refractivity contribution in [3.05, 3.63) is 40.6 Å². The first-order valence-corrected chi connectivity index (χ1v) is 5.81. The third kappa shape index (κ3) is 2.55. The van der Waals surface area contributed by atoms with Crippen LogP contribution in [0.25, 0.3) is 10.8 Å². The van der Waals surface area contributed by atoms with Crippen molar-refractivity contribution >= 4 is 59.6 Å².